The molecule has 3 aromatic carbocycles. The predicted molar refractivity (Wildman–Crippen MR) is 162 cm³/mol. The Bertz CT molecular complexity index is 1640. The summed E-state index contributed by atoms with van der Waals surface area (Å²) in [6.07, 6.45) is 8.21. The molecule has 0 radical (unpaired) electrons. The molecule has 0 spiro atoms. The van der Waals surface area contributed by atoms with Crippen LogP contribution in [0.1, 0.15) is 66.5 Å². The van der Waals surface area contributed by atoms with Gasteiger partial charge in [-0.2, -0.15) is 5.26 Å². The first-order valence-corrected chi connectivity index (χ1v) is 14.9. The van der Waals surface area contributed by atoms with Gasteiger partial charge in [0.05, 0.1) is 10.6 Å². The Morgan fingerprint density at radius 3 is 2.69 bits per heavy atom. The summed E-state index contributed by atoms with van der Waals surface area (Å²) in [4.78, 5) is 4.16. The lowest BCUT2D eigenvalue weighted by Gasteiger charge is -2.21. The van der Waals surface area contributed by atoms with E-state index in [9.17, 15) is 9.65 Å². The smallest absolute Gasteiger partial charge is 0.142 e. The molecular formula is C35H33ClFN3O2. The third kappa shape index (κ3) is 5.99. The van der Waals surface area contributed by atoms with E-state index in [2.05, 4.69) is 29.4 Å². The van der Waals surface area contributed by atoms with Crippen molar-refractivity contribution in [3.8, 4) is 28.7 Å². The van der Waals surface area contributed by atoms with Crippen LogP contribution in [0.2, 0.25) is 5.02 Å². The van der Waals surface area contributed by atoms with E-state index in [-0.39, 0.29) is 18.5 Å². The molecule has 0 aliphatic heterocycles. The highest BCUT2D eigenvalue weighted by molar-refractivity contribution is 6.32. The molecule has 214 valence electrons. The van der Waals surface area contributed by atoms with Crippen LogP contribution < -0.4 is 14.8 Å². The zero-order valence-corrected chi connectivity index (χ0v) is 24.3. The quantitative estimate of drug-likeness (QED) is 0.215. The van der Waals surface area contributed by atoms with E-state index in [0.717, 1.165) is 47.1 Å². The van der Waals surface area contributed by atoms with Gasteiger partial charge in [-0.1, -0.05) is 61.3 Å². The van der Waals surface area contributed by atoms with E-state index in [1.54, 1.807) is 18.3 Å². The van der Waals surface area contributed by atoms with Gasteiger partial charge in [-0.15, -0.1) is 0 Å². The molecule has 6 rings (SSSR count). The van der Waals surface area contributed by atoms with E-state index in [4.69, 9.17) is 21.1 Å². The van der Waals surface area contributed by atoms with E-state index < -0.39 is 0 Å². The van der Waals surface area contributed by atoms with E-state index in [1.807, 2.05) is 36.4 Å². The van der Waals surface area contributed by atoms with Crippen LogP contribution in [0, 0.1) is 23.1 Å². The Kier molecular flexibility index (Phi) is 8.41. The molecule has 42 heavy (non-hydrogen) atoms. The number of rotatable bonds is 9. The molecule has 4 aromatic rings. The molecule has 2 aliphatic rings. The van der Waals surface area contributed by atoms with Crippen LogP contribution in [0.15, 0.2) is 73.1 Å². The van der Waals surface area contributed by atoms with Gasteiger partial charge in [-0.3, -0.25) is 4.98 Å². The predicted octanol–water partition coefficient (Wildman–Crippen LogP) is 8.34. The van der Waals surface area contributed by atoms with Crippen molar-refractivity contribution in [2.24, 2.45) is 5.92 Å². The van der Waals surface area contributed by atoms with Gasteiger partial charge in [0, 0.05) is 47.7 Å². The zero-order chi connectivity index (χ0) is 29.1. The van der Waals surface area contributed by atoms with Gasteiger partial charge in [0.15, 0.2) is 0 Å². The maximum absolute atomic E-state index is 14.7. The fourth-order valence-electron chi connectivity index (χ4n) is 6.24. The molecule has 5 nitrogen and oxygen atoms in total. The van der Waals surface area contributed by atoms with Gasteiger partial charge >= 0.3 is 0 Å². The van der Waals surface area contributed by atoms with Crippen molar-refractivity contribution in [2.45, 2.75) is 64.3 Å². The van der Waals surface area contributed by atoms with Gasteiger partial charge in [0.1, 0.15) is 36.1 Å². The summed E-state index contributed by atoms with van der Waals surface area (Å²) < 4.78 is 27.5. The van der Waals surface area contributed by atoms with Crippen LogP contribution in [0.5, 0.6) is 11.5 Å². The number of pyridine rings is 1. The number of nitrogens with zero attached hydrogens (tertiary/aromatic N) is 2. The largest absolute Gasteiger partial charge is 0.488 e. The molecule has 1 fully saturated rings. The number of nitriles is 1. The summed E-state index contributed by atoms with van der Waals surface area (Å²) in [6, 6.07) is 21.0. The summed E-state index contributed by atoms with van der Waals surface area (Å²) >= 11 is 6.83. The van der Waals surface area contributed by atoms with E-state index in [0.29, 0.717) is 46.2 Å². The molecule has 1 aromatic heterocycles. The first-order valence-electron chi connectivity index (χ1n) is 14.6. The number of benzene rings is 3. The molecule has 7 heteroatoms. The normalized spacial score (nSPS) is 19.3. The maximum atomic E-state index is 14.7. The molecule has 1 heterocycles. The van der Waals surface area contributed by atoms with E-state index in [1.165, 1.54) is 25.1 Å². The first-order chi connectivity index (χ1) is 20.5. The number of hydrogen-bond acceptors (Lipinski definition) is 5. The summed E-state index contributed by atoms with van der Waals surface area (Å²) in [7, 11) is 0. The second kappa shape index (κ2) is 12.5. The summed E-state index contributed by atoms with van der Waals surface area (Å²) in [5.41, 5.74) is 5.91. The van der Waals surface area contributed by atoms with Crippen LogP contribution in [-0.4, -0.2) is 11.0 Å². The SMILES string of the molecule is C[C@H]1CCC[C@@H]1NCc1cc(Cl)c(O[C@H]2CCc3c(-c4ccccc4F)cccc32)cc1OCc1cncc(C#N)c1. The van der Waals surface area contributed by atoms with Crippen molar-refractivity contribution in [1.29, 1.82) is 5.26 Å². The monoisotopic (exact) mass is 581 g/mol. The number of fused-ring (bicyclic) bond motifs is 1. The van der Waals surface area contributed by atoms with Crippen molar-refractivity contribution in [3.05, 3.63) is 112 Å². The number of halogens is 2. The minimum Gasteiger partial charge on any atom is -0.488 e. The van der Waals surface area contributed by atoms with Crippen molar-refractivity contribution >= 4 is 11.6 Å². The number of hydrogen-bond donors (Lipinski definition) is 1. The first kappa shape index (κ1) is 28.2. The summed E-state index contributed by atoms with van der Waals surface area (Å²) in [5.74, 6) is 1.62. The second-order valence-corrected chi connectivity index (χ2v) is 11.7. The molecule has 2 aliphatic carbocycles. The average molecular weight is 582 g/mol. The second-order valence-electron chi connectivity index (χ2n) is 11.3. The highest BCUT2D eigenvalue weighted by Gasteiger charge is 2.28. The third-order valence-corrected chi connectivity index (χ3v) is 8.79. The van der Waals surface area contributed by atoms with Crippen molar-refractivity contribution in [2.75, 3.05) is 0 Å². The Morgan fingerprint density at radius 2 is 1.88 bits per heavy atom. The van der Waals surface area contributed by atoms with Crippen LogP contribution in [-0.2, 0) is 19.6 Å². The van der Waals surface area contributed by atoms with Gasteiger partial charge in [-0.05, 0) is 66.5 Å². The minimum atomic E-state index is -0.230. The topological polar surface area (TPSA) is 67.2 Å². The molecule has 1 saturated carbocycles. The molecule has 0 saturated heterocycles. The van der Waals surface area contributed by atoms with Crippen LogP contribution >= 0.6 is 11.6 Å². The van der Waals surface area contributed by atoms with Crippen LogP contribution in [0.25, 0.3) is 11.1 Å². The Labute approximate surface area is 251 Å². The number of nitrogens with one attached hydrogen (secondary N) is 1. The molecule has 0 amide bonds. The summed E-state index contributed by atoms with van der Waals surface area (Å²) in [5, 5.41) is 13.5. The lowest BCUT2D eigenvalue weighted by atomic mass is 9.96. The molecule has 0 bridgehead atoms. The molecular weight excluding hydrogens is 549 g/mol. The molecule has 3 atom stereocenters. The lowest BCUT2D eigenvalue weighted by molar-refractivity contribution is 0.206. The average Bonchev–Trinajstić information content (AvgIpc) is 3.62. The number of aromatic nitrogens is 1. The minimum absolute atomic E-state index is 0.211. The van der Waals surface area contributed by atoms with Gasteiger partial charge in [0.2, 0.25) is 0 Å². The Hall–Kier alpha value is -3.92. The highest BCUT2D eigenvalue weighted by Crippen LogP contribution is 2.43. The maximum Gasteiger partial charge on any atom is 0.142 e. The van der Waals surface area contributed by atoms with Gasteiger partial charge in [-0.25, -0.2) is 4.39 Å². The fourth-order valence-corrected chi connectivity index (χ4v) is 6.47. The Morgan fingerprint density at radius 1 is 1.02 bits per heavy atom. The van der Waals surface area contributed by atoms with Crippen molar-refractivity contribution < 1.29 is 13.9 Å². The summed E-state index contributed by atoms with van der Waals surface area (Å²) in [6.45, 7) is 3.17. The van der Waals surface area contributed by atoms with Gasteiger partial charge < -0.3 is 14.8 Å². The number of ether oxygens (including phenoxy) is 2. The highest BCUT2D eigenvalue weighted by atomic mass is 35.5. The van der Waals surface area contributed by atoms with Crippen molar-refractivity contribution in [1.82, 2.24) is 10.3 Å². The Balaban J connectivity index is 1.27. The third-order valence-electron chi connectivity index (χ3n) is 8.50. The standard InChI is InChI=1S/C35H33ClFN3O2/c1-22-6-4-11-32(22)40-20-25-15-30(36)35(16-34(25)41-21-24-14-23(17-38)18-39-19-24)42-33-13-12-27-26(8-5-9-29(27)33)28-7-2-3-10-31(28)37/h2-3,5,7-10,14-16,18-19,22,32-33,40H,4,6,11-13,20-21H2,1H3/t22-,32-,33-/m0/s1. The molecule has 0 unspecified atom stereocenters. The lowest BCUT2D eigenvalue weighted by Crippen LogP contribution is -2.30. The van der Waals surface area contributed by atoms with Crippen LogP contribution in [0.3, 0.4) is 0 Å². The van der Waals surface area contributed by atoms with E-state index >= 15 is 0 Å². The zero-order valence-electron chi connectivity index (χ0n) is 23.6. The molecule has 1 N–H and O–H groups in total. The fraction of sp³-hybridized carbons (Fsp3) is 0.314. The van der Waals surface area contributed by atoms with Crippen LogP contribution in [0.4, 0.5) is 4.39 Å². The van der Waals surface area contributed by atoms with Crippen molar-refractivity contribution in [3.63, 3.8) is 0 Å². The van der Waals surface area contributed by atoms with Gasteiger partial charge in [0.25, 0.3) is 0 Å².